The van der Waals surface area contributed by atoms with Gasteiger partial charge in [-0.3, -0.25) is 0 Å². The lowest BCUT2D eigenvalue weighted by atomic mass is 9.87. The van der Waals surface area contributed by atoms with Gasteiger partial charge in [0.1, 0.15) is 5.82 Å². The van der Waals surface area contributed by atoms with Gasteiger partial charge >= 0.3 is 6.03 Å². The standard InChI is InChI=1S/C22H24F3N3O.CH3B/c1-4-22(24,25)16-7-5-15(6-8-16)18-10-9-17(23)11-19(18)13(2)26-12-20-14(3)27-21(29)28-20;1-2/h5,7,9-11,20,26H,2-4,6,8,12H2,1H3,(H2,27,28,29);1H3. The molecule has 2 radical (unpaired) electrons. The van der Waals surface area contributed by atoms with Crippen LogP contribution in [-0.4, -0.2) is 32.4 Å². The molecule has 0 aromatic heterocycles. The number of carbonyl (C=O) groups is 1. The van der Waals surface area contributed by atoms with E-state index in [2.05, 4.69) is 37.0 Å². The molecule has 4 nitrogen and oxygen atoms in total. The first-order valence-electron chi connectivity index (χ1n) is 10.1. The molecule has 1 fully saturated rings. The lowest BCUT2D eigenvalue weighted by molar-refractivity contribution is 0.0340. The number of urea groups is 1. The summed E-state index contributed by atoms with van der Waals surface area (Å²) in [5, 5.41) is 8.38. The number of hydrogen-bond acceptors (Lipinski definition) is 2. The third-order valence-corrected chi connectivity index (χ3v) is 5.24. The average molecular weight is 429 g/mol. The zero-order valence-electron chi connectivity index (χ0n) is 17.8. The summed E-state index contributed by atoms with van der Waals surface area (Å²) in [6, 6.07) is 3.71. The number of nitrogens with one attached hydrogen (secondary N) is 3. The minimum Gasteiger partial charge on any atom is -0.383 e. The topological polar surface area (TPSA) is 53.2 Å². The van der Waals surface area contributed by atoms with Crippen LogP contribution >= 0.6 is 0 Å². The van der Waals surface area contributed by atoms with E-state index in [1.807, 2.05) is 0 Å². The van der Waals surface area contributed by atoms with E-state index in [1.165, 1.54) is 32.0 Å². The smallest absolute Gasteiger partial charge is 0.319 e. The van der Waals surface area contributed by atoms with E-state index in [0.29, 0.717) is 29.9 Å². The molecular weight excluding hydrogens is 402 g/mol. The SMILES string of the molecule is C=C(NCC1NC(=O)NC1=C)c1cc(F)ccc1C1=CC=C(C(F)(F)CC)CC1.[B]C. The van der Waals surface area contributed by atoms with Gasteiger partial charge in [-0.2, -0.15) is 0 Å². The maximum Gasteiger partial charge on any atom is 0.319 e. The molecule has 3 N–H and O–H groups in total. The second kappa shape index (κ2) is 10.4. The average Bonchev–Trinajstić information content (AvgIpc) is 3.10. The third-order valence-electron chi connectivity index (χ3n) is 5.24. The van der Waals surface area contributed by atoms with Crippen LogP contribution < -0.4 is 16.0 Å². The van der Waals surface area contributed by atoms with E-state index in [9.17, 15) is 18.0 Å². The molecule has 1 unspecified atom stereocenters. The van der Waals surface area contributed by atoms with Gasteiger partial charge in [0.15, 0.2) is 0 Å². The predicted octanol–water partition coefficient (Wildman–Crippen LogP) is 4.93. The molecule has 0 spiro atoms. The number of benzene rings is 1. The number of halogens is 3. The number of amides is 2. The first-order chi connectivity index (χ1) is 14.7. The first-order valence-corrected chi connectivity index (χ1v) is 10.1. The summed E-state index contributed by atoms with van der Waals surface area (Å²) in [4.78, 5) is 11.4. The molecule has 3 rings (SSSR count). The molecule has 8 heteroatoms. The van der Waals surface area contributed by atoms with Crippen molar-refractivity contribution in [1.29, 1.82) is 0 Å². The fourth-order valence-electron chi connectivity index (χ4n) is 3.45. The van der Waals surface area contributed by atoms with Gasteiger partial charge in [0.2, 0.25) is 0 Å². The molecule has 1 aromatic rings. The van der Waals surface area contributed by atoms with Crippen molar-refractivity contribution in [2.75, 3.05) is 6.54 Å². The Balaban J connectivity index is 0.00000166. The van der Waals surface area contributed by atoms with Crippen LogP contribution in [-0.2, 0) is 0 Å². The molecule has 1 aromatic carbocycles. The van der Waals surface area contributed by atoms with Gasteiger partial charge in [-0.05, 0) is 41.7 Å². The molecule has 1 saturated heterocycles. The minimum absolute atomic E-state index is 0.118. The summed E-state index contributed by atoms with van der Waals surface area (Å²) in [6.07, 6.45) is 3.60. The number of alkyl halides is 2. The predicted molar refractivity (Wildman–Crippen MR) is 120 cm³/mol. The van der Waals surface area contributed by atoms with Crippen LogP contribution in [0.1, 0.15) is 37.3 Å². The highest BCUT2D eigenvalue weighted by molar-refractivity contribution is 6.05. The van der Waals surface area contributed by atoms with Crippen LogP contribution in [0.15, 0.2) is 54.8 Å². The molecule has 1 atom stereocenters. The Bertz CT molecular complexity index is 925. The molecule has 1 aliphatic heterocycles. The normalized spacial score (nSPS) is 18.2. The van der Waals surface area contributed by atoms with Gasteiger partial charge < -0.3 is 16.0 Å². The molecular formula is C23H27BF3N3O. The van der Waals surface area contributed by atoms with Crippen LogP contribution in [0.3, 0.4) is 0 Å². The monoisotopic (exact) mass is 429 g/mol. The van der Waals surface area contributed by atoms with E-state index in [-0.39, 0.29) is 30.5 Å². The third kappa shape index (κ3) is 5.84. The van der Waals surface area contributed by atoms with Gasteiger partial charge in [0.05, 0.1) is 13.9 Å². The summed E-state index contributed by atoms with van der Waals surface area (Å²) in [5.74, 6) is -3.22. The van der Waals surface area contributed by atoms with Crippen LogP contribution in [0.2, 0.25) is 6.82 Å². The highest BCUT2D eigenvalue weighted by Crippen LogP contribution is 2.38. The second-order valence-electron chi connectivity index (χ2n) is 7.17. The van der Waals surface area contributed by atoms with Crippen molar-refractivity contribution in [3.05, 3.63) is 71.7 Å². The molecule has 1 heterocycles. The van der Waals surface area contributed by atoms with Crippen molar-refractivity contribution in [3.63, 3.8) is 0 Å². The number of hydrogen-bond donors (Lipinski definition) is 3. The van der Waals surface area contributed by atoms with Gasteiger partial charge in [0, 0.05) is 29.9 Å². The largest absolute Gasteiger partial charge is 0.383 e. The Labute approximate surface area is 182 Å². The summed E-state index contributed by atoms with van der Waals surface area (Å²) >= 11 is 0. The lowest BCUT2D eigenvalue weighted by Gasteiger charge is -2.23. The van der Waals surface area contributed by atoms with Crippen LogP contribution in [0, 0.1) is 5.82 Å². The van der Waals surface area contributed by atoms with Crippen LogP contribution in [0.5, 0.6) is 0 Å². The van der Waals surface area contributed by atoms with E-state index < -0.39 is 11.7 Å². The summed E-state index contributed by atoms with van der Waals surface area (Å²) in [6.45, 7) is 11.1. The van der Waals surface area contributed by atoms with Gasteiger partial charge in [0.25, 0.3) is 5.92 Å². The fourth-order valence-corrected chi connectivity index (χ4v) is 3.45. The highest BCUT2D eigenvalue weighted by atomic mass is 19.3. The van der Waals surface area contributed by atoms with E-state index in [1.54, 1.807) is 12.1 Å². The van der Waals surface area contributed by atoms with Crippen LogP contribution in [0.4, 0.5) is 18.0 Å². The van der Waals surface area contributed by atoms with E-state index in [4.69, 9.17) is 0 Å². The summed E-state index contributed by atoms with van der Waals surface area (Å²) in [7, 11) is 4.50. The lowest BCUT2D eigenvalue weighted by Crippen LogP contribution is -2.35. The second-order valence-corrected chi connectivity index (χ2v) is 7.17. The van der Waals surface area contributed by atoms with Gasteiger partial charge in [-0.15, -0.1) is 0 Å². The van der Waals surface area contributed by atoms with Crippen molar-refractivity contribution >= 4 is 25.1 Å². The number of carbonyl (C=O) groups excluding carboxylic acids is 1. The Morgan fingerprint density at radius 3 is 2.55 bits per heavy atom. The molecule has 0 bridgehead atoms. The number of allylic oxidation sites excluding steroid dienone is 4. The maximum absolute atomic E-state index is 13.9. The molecule has 0 saturated carbocycles. The molecule has 1 aliphatic carbocycles. The Kier molecular flexibility index (Phi) is 8.19. The summed E-state index contributed by atoms with van der Waals surface area (Å²) in [5.41, 5.74) is 3.28. The molecule has 164 valence electrons. The molecule has 2 aliphatic rings. The van der Waals surface area contributed by atoms with E-state index in [0.717, 1.165) is 11.1 Å². The van der Waals surface area contributed by atoms with Crippen molar-refractivity contribution < 1.29 is 18.0 Å². The Morgan fingerprint density at radius 2 is 2.00 bits per heavy atom. The molecule has 2 amide bonds. The summed E-state index contributed by atoms with van der Waals surface area (Å²) < 4.78 is 41.8. The first kappa shape index (κ1) is 24.4. The highest BCUT2D eigenvalue weighted by Gasteiger charge is 2.32. The van der Waals surface area contributed by atoms with Crippen molar-refractivity contribution in [3.8, 4) is 0 Å². The van der Waals surface area contributed by atoms with E-state index >= 15 is 0 Å². The van der Waals surface area contributed by atoms with Crippen molar-refractivity contribution in [2.24, 2.45) is 0 Å². The van der Waals surface area contributed by atoms with Crippen molar-refractivity contribution in [2.45, 2.75) is 45.0 Å². The quantitative estimate of drug-likeness (QED) is 0.539. The number of rotatable bonds is 7. The minimum atomic E-state index is -2.80. The van der Waals surface area contributed by atoms with Crippen LogP contribution in [0.25, 0.3) is 11.3 Å². The van der Waals surface area contributed by atoms with Gasteiger partial charge in [-0.1, -0.05) is 45.1 Å². The maximum atomic E-state index is 13.9. The zero-order chi connectivity index (χ0) is 23.2. The van der Waals surface area contributed by atoms with Crippen molar-refractivity contribution in [1.82, 2.24) is 16.0 Å². The molecule has 31 heavy (non-hydrogen) atoms. The fraction of sp³-hybridized carbons (Fsp3) is 0.348. The Morgan fingerprint density at radius 1 is 1.29 bits per heavy atom. The zero-order valence-corrected chi connectivity index (χ0v) is 17.8. The van der Waals surface area contributed by atoms with Gasteiger partial charge in [-0.25, -0.2) is 18.0 Å². The Hall–Kier alpha value is -2.90.